The third-order valence-electron chi connectivity index (χ3n) is 6.27. The van der Waals surface area contributed by atoms with Crippen molar-refractivity contribution < 1.29 is 4.79 Å². The molecular weight excluding hydrogens is 314 g/mol. The van der Waals surface area contributed by atoms with Gasteiger partial charge in [-0.1, -0.05) is 6.07 Å². The van der Waals surface area contributed by atoms with Crippen LogP contribution in [0.4, 0.5) is 0 Å². The lowest BCUT2D eigenvalue weighted by Crippen LogP contribution is -2.55. The van der Waals surface area contributed by atoms with Crippen LogP contribution in [0, 0.1) is 18.3 Å². The van der Waals surface area contributed by atoms with Crippen molar-refractivity contribution in [1.82, 2.24) is 25.0 Å². The van der Waals surface area contributed by atoms with Gasteiger partial charge in [0.05, 0.1) is 11.1 Å². The van der Waals surface area contributed by atoms with Gasteiger partial charge in [0.25, 0.3) is 0 Å². The molecule has 136 valence electrons. The maximum absolute atomic E-state index is 13.3. The Labute approximate surface area is 150 Å². The van der Waals surface area contributed by atoms with Crippen molar-refractivity contribution in [1.29, 1.82) is 0 Å². The zero-order valence-electron chi connectivity index (χ0n) is 15.4. The molecular formula is C19H29N5O. The second-order valence-electron chi connectivity index (χ2n) is 8.02. The summed E-state index contributed by atoms with van der Waals surface area (Å²) in [6.07, 6.45) is 1.87. The monoisotopic (exact) mass is 343 g/mol. The maximum atomic E-state index is 13.3. The summed E-state index contributed by atoms with van der Waals surface area (Å²) in [4.78, 5) is 24.7. The number of aryl methyl sites for hydroxylation is 1. The summed E-state index contributed by atoms with van der Waals surface area (Å²) in [5.74, 6) is 0.847. The molecule has 1 aromatic rings. The average molecular weight is 343 g/mol. The Bertz CT molecular complexity index is 642. The van der Waals surface area contributed by atoms with E-state index in [2.05, 4.69) is 45.0 Å². The van der Waals surface area contributed by atoms with Gasteiger partial charge in [0.15, 0.2) is 0 Å². The number of aromatic nitrogens is 1. The van der Waals surface area contributed by atoms with Crippen LogP contribution in [0.25, 0.3) is 0 Å². The Hall–Kier alpha value is -1.50. The topological polar surface area (TPSA) is 51.7 Å². The third kappa shape index (κ3) is 3.07. The molecule has 0 aromatic carbocycles. The molecule has 1 amide bonds. The normalized spacial score (nSPS) is 30.6. The molecule has 0 bridgehead atoms. The van der Waals surface area contributed by atoms with E-state index in [1.54, 1.807) is 0 Å². The number of amides is 1. The van der Waals surface area contributed by atoms with Crippen molar-refractivity contribution in [3.63, 3.8) is 0 Å². The van der Waals surface area contributed by atoms with Crippen LogP contribution in [-0.2, 0) is 11.3 Å². The van der Waals surface area contributed by atoms with E-state index in [9.17, 15) is 4.79 Å². The number of hydrogen-bond donors (Lipinski definition) is 1. The van der Waals surface area contributed by atoms with E-state index in [0.717, 1.165) is 64.6 Å². The summed E-state index contributed by atoms with van der Waals surface area (Å²) >= 11 is 0. The lowest BCUT2D eigenvalue weighted by molar-refractivity contribution is -0.143. The fourth-order valence-corrected chi connectivity index (χ4v) is 4.79. The molecule has 3 fully saturated rings. The molecule has 3 saturated heterocycles. The molecule has 1 aromatic heterocycles. The van der Waals surface area contributed by atoms with Gasteiger partial charge in [-0.05, 0) is 25.6 Å². The first kappa shape index (κ1) is 16.9. The molecule has 2 atom stereocenters. The van der Waals surface area contributed by atoms with E-state index in [0.29, 0.717) is 11.8 Å². The lowest BCUT2D eigenvalue weighted by atomic mass is 9.79. The highest BCUT2D eigenvalue weighted by atomic mass is 16.2. The first-order valence-corrected chi connectivity index (χ1v) is 9.40. The third-order valence-corrected chi connectivity index (χ3v) is 6.27. The molecule has 3 aliphatic rings. The van der Waals surface area contributed by atoms with Crippen LogP contribution in [0.1, 0.15) is 11.3 Å². The Morgan fingerprint density at radius 3 is 2.92 bits per heavy atom. The predicted octanol–water partition coefficient (Wildman–Crippen LogP) is 0.185. The highest BCUT2D eigenvalue weighted by Gasteiger charge is 2.55. The molecule has 0 unspecified atom stereocenters. The minimum absolute atomic E-state index is 0.186. The summed E-state index contributed by atoms with van der Waals surface area (Å²) in [5.41, 5.74) is 2.21. The Balaban J connectivity index is 1.37. The van der Waals surface area contributed by atoms with Crippen LogP contribution >= 0.6 is 0 Å². The molecule has 4 heterocycles. The van der Waals surface area contributed by atoms with Gasteiger partial charge in [-0.25, -0.2) is 0 Å². The van der Waals surface area contributed by atoms with E-state index in [4.69, 9.17) is 0 Å². The molecule has 25 heavy (non-hydrogen) atoms. The fourth-order valence-electron chi connectivity index (χ4n) is 4.79. The number of hydrogen-bond acceptors (Lipinski definition) is 5. The number of nitrogens with one attached hydrogen (secondary N) is 1. The van der Waals surface area contributed by atoms with Crippen LogP contribution in [-0.4, -0.2) is 85.0 Å². The molecule has 6 heteroatoms. The highest BCUT2D eigenvalue weighted by Crippen LogP contribution is 2.40. The SMILES string of the molecule is Cc1cccnc1CN1CCN(C(=O)[C@@]23CNC[C@@H]2CN(C)C3)CC1. The van der Waals surface area contributed by atoms with Gasteiger partial charge in [0.2, 0.25) is 5.91 Å². The molecule has 3 aliphatic heterocycles. The van der Waals surface area contributed by atoms with Crippen LogP contribution in [0.5, 0.6) is 0 Å². The predicted molar refractivity (Wildman–Crippen MR) is 97.1 cm³/mol. The molecule has 1 N–H and O–H groups in total. The van der Waals surface area contributed by atoms with E-state index in [1.807, 2.05) is 12.3 Å². The molecule has 0 aliphatic carbocycles. The summed E-state index contributed by atoms with van der Waals surface area (Å²) in [7, 11) is 2.14. The summed E-state index contributed by atoms with van der Waals surface area (Å²) in [5, 5.41) is 3.46. The first-order chi connectivity index (χ1) is 12.1. The first-order valence-electron chi connectivity index (χ1n) is 9.40. The fraction of sp³-hybridized carbons (Fsp3) is 0.684. The summed E-state index contributed by atoms with van der Waals surface area (Å²) < 4.78 is 0. The number of nitrogens with zero attached hydrogens (tertiary/aromatic N) is 4. The Morgan fingerprint density at radius 2 is 2.16 bits per heavy atom. The summed E-state index contributed by atoms with van der Waals surface area (Å²) in [6, 6.07) is 4.10. The summed E-state index contributed by atoms with van der Waals surface area (Å²) in [6.45, 7) is 10.3. The van der Waals surface area contributed by atoms with Crippen molar-refractivity contribution in [3.8, 4) is 0 Å². The van der Waals surface area contributed by atoms with Crippen molar-refractivity contribution in [2.75, 3.05) is 59.4 Å². The van der Waals surface area contributed by atoms with Gasteiger partial charge in [-0.15, -0.1) is 0 Å². The lowest BCUT2D eigenvalue weighted by Gasteiger charge is -2.39. The number of carbonyl (C=O) groups excluding carboxylic acids is 1. The standard InChI is InChI=1S/C19H29N5O/c1-15-4-3-5-21-17(15)12-23-6-8-24(9-7-23)18(25)19-13-20-10-16(19)11-22(2)14-19/h3-5,16,20H,6-14H2,1-2H3/t16-,19-/m1/s1. The minimum Gasteiger partial charge on any atom is -0.340 e. The largest absolute Gasteiger partial charge is 0.340 e. The second-order valence-corrected chi connectivity index (χ2v) is 8.02. The van der Waals surface area contributed by atoms with Crippen molar-refractivity contribution in [2.24, 2.45) is 11.3 Å². The highest BCUT2D eigenvalue weighted by molar-refractivity contribution is 5.84. The van der Waals surface area contributed by atoms with Crippen LogP contribution in [0.15, 0.2) is 18.3 Å². The number of piperazine rings is 1. The van der Waals surface area contributed by atoms with Crippen LogP contribution < -0.4 is 5.32 Å². The zero-order valence-corrected chi connectivity index (χ0v) is 15.4. The van der Waals surface area contributed by atoms with Gasteiger partial charge >= 0.3 is 0 Å². The van der Waals surface area contributed by atoms with E-state index in [-0.39, 0.29) is 5.41 Å². The molecule has 0 spiro atoms. The van der Waals surface area contributed by atoms with Gasteiger partial charge in [-0.2, -0.15) is 0 Å². The number of fused-ring (bicyclic) bond motifs is 1. The number of likely N-dealkylation sites (tertiary alicyclic amines) is 1. The zero-order chi connectivity index (χ0) is 17.4. The van der Waals surface area contributed by atoms with E-state index in [1.165, 1.54) is 5.56 Å². The van der Waals surface area contributed by atoms with Gasteiger partial charge < -0.3 is 15.1 Å². The van der Waals surface area contributed by atoms with Crippen molar-refractivity contribution >= 4 is 5.91 Å². The van der Waals surface area contributed by atoms with E-state index >= 15 is 0 Å². The van der Waals surface area contributed by atoms with E-state index < -0.39 is 0 Å². The minimum atomic E-state index is -0.186. The van der Waals surface area contributed by atoms with Gasteiger partial charge in [0, 0.05) is 71.0 Å². The number of rotatable bonds is 3. The van der Waals surface area contributed by atoms with Crippen molar-refractivity contribution in [2.45, 2.75) is 13.5 Å². The van der Waals surface area contributed by atoms with Crippen LogP contribution in [0.2, 0.25) is 0 Å². The molecule has 4 rings (SSSR count). The Kier molecular flexibility index (Phi) is 4.52. The number of pyridine rings is 1. The smallest absolute Gasteiger partial charge is 0.231 e. The average Bonchev–Trinajstić information content (AvgIpc) is 3.14. The van der Waals surface area contributed by atoms with Gasteiger partial charge in [-0.3, -0.25) is 14.7 Å². The quantitative estimate of drug-likeness (QED) is 0.849. The molecule has 6 nitrogen and oxygen atoms in total. The Morgan fingerprint density at radius 1 is 1.36 bits per heavy atom. The van der Waals surface area contributed by atoms with Gasteiger partial charge in [0.1, 0.15) is 0 Å². The molecule has 0 saturated carbocycles. The van der Waals surface area contributed by atoms with Crippen LogP contribution in [0.3, 0.4) is 0 Å². The second kappa shape index (κ2) is 6.67. The maximum Gasteiger partial charge on any atom is 0.231 e. The molecule has 0 radical (unpaired) electrons. The number of carbonyl (C=O) groups is 1. The van der Waals surface area contributed by atoms with Crippen molar-refractivity contribution in [3.05, 3.63) is 29.6 Å².